The molecule has 1 aliphatic heterocycles. The number of rotatable bonds is 10. The highest BCUT2D eigenvalue weighted by atomic mass is 32.2. The number of nitrogens with zero attached hydrogens (tertiary/aromatic N) is 5. The first-order valence-corrected chi connectivity index (χ1v) is 12.6. The van der Waals surface area contributed by atoms with Crippen LogP contribution in [0.2, 0.25) is 0 Å². The lowest BCUT2D eigenvalue weighted by molar-refractivity contribution is -0.116. The van der Waals surface area contributed by atoms with Gasteiger partial charge in [-0.15, -0.1) is 0 Å². The van der Waals surface area contributed by atoms with Gasteiger partial charge in [-0.05, 0) is 42.9 Å². The summed E-state index contributed by atoms with van der Waals surface area (Å²) >= 11 is 1.51. The summed E-state index contributed by atoms with van der Waals surface area (Å²) in [6.07, 6.45) is 9.30. The van der Waals surface area contributed by atoms with E-state index in [1.165, 1.54) is 30.7 Å². The van der Waals surface area contributed by atoms with E-state index in [9.17, 15) is 4.79 Å². The van der Waals surface area contributed by atoms with E-state index in [0.717, 1.165) is 40.7 Å². The number of carbonyl (C=O) groups excluding carboxylic acids is 1. The van der Waals surface area contributed by atoms with E-state index >= 15 is 0 Å². The zero-order valence-corrected chi connectivity index (χ0v) is 21.2. The SMILES string of the molecule is COc1cc(/C=C\C(=O)NCCn2ncc3c(N4CCCC4)nc(SC)nc32)cc(OC)c1OC. The first-order valence-electron chi connectivity index (χ1n) is 11.4. The maximum atomic E-state index is 12.4. The van der Waals surface area contributed by atoms with Gasteiger partial charge in [-0.3, -0.25) is 4.79 Å². The van der Waals surface area contributed by atoms with E-state index < -0.39 is 0 Å². The van der Waals surface area contributed by atoms with Gasteiger partial charge in [-0.1, -0.05) is 11.8 Å². The van der Waals surface area contributed by atoms with Crippen LogP contribution in [-0.2, 0) is 11.3 Å². The Morgan fingerprint density at radius 1 is 1.11 bits per heavy atom. The fraction of sp³-hybridized carbons (Fsp3) is 0.417. The summed E-state index contributed by atoms with van der Waals surface area (Å²) in [5.74, 6) is 2.28. The summed E-state index contributed by atoms with van der Waals surface area (Å²) < 4.78 is 17.9. The minimum atomic E-state index is -0.215. The molecule has 0 unspecified atom stereocenters. The highest BCUT2D eigenvalue weighted by molar-refractivity contribution is 7.98. The Morgan fingerprint density at radius 3 is 2.46 bits per heavy atom. The maximum absolute atomic E-state index is 12.4. The van der Waals surface area contributed by atoms with E-state index in [1.54, 1.807) is 39.5 Å². The standard InChI is InChI=1S/C24H30N6O4S/c1-32-18-13-16(14-19(33-2)21(18)34-3)7-8-20(31)25-9-12-30-23-17(15-26-30)22(27-24(28-23)35-4)29-10-5-6-11-29/h7-8,13-15H,5-6,9-12H2,1-4H3,(H,25,31)/b8-7-. The highest BCUT2D eigenvalue weighted by Crippen LogP contribution is 2.38. The third-order valence-corrected chi connectivity index (χ3v) is 6.33. The fourth-order valence-electron chi connectivity index (χ4n) is 4.06. The molecule has 0 spiro atoms. The Morgan fingerprint density at radius 2 is 1.83 bits per heavy atom. The molecule has 186 valence electrons. The van der Waals surface area contributed by atoms with Crippen molar-refractivity contribution in [2.45, 2.75) is 24.5 Å². The molecule has 0 aliphatic carbocycles. The third kappa shape index (κ3) is 5.45. The first kappa shape index (κ1) is 24.6. The molecule has 0 saturated carbocycles. The summed E-state index contributed by atoms with van der Waals surface area (Å²) in [4.78, 5) is 24.1. The minimum absolute atomic E-state index is 0.215. The number of methoxy groups -OCH3 is 3. The predicted octanol–water partition coefficient (Wildman–Crippen LogP) is 3.00. The molecule has 1 N–H and O–H groups in total. The molecule has 0 atom stereocenters. The van der Waals surface area contributed by atoms with Crippen molar-refractivity contribution in [2.24, 2.45) is 0 Å². The fourth-order valence-corrected chi connectivity index (χ4v) is 4.41. The molecule has 3 heterocycles. The molecule has 1 saturated heterocycles. The van der Waals surface area contributed by atoms with Crippen LogP contribution in [0, 0.1) is 0 Å². The van der Waals surface area contributed by atoms with Crippen molar-refractivity contribution >= 4 is 40.6 Å². The molecule has 2 aromatic heterocycles. The minimum Gasteiger partial charge on any atom is -0.493 e. The predicted molar refractivity (Wildman–Crippen MR) is 137 cm³/mol. The molecule has 10 nitrogen and oxygen atoms in total. The van der Waals surface area contributed by atoms with Crippen LogP contribution in [0.4, 0.5) is 5.82 Å². The molecule has 4 rings (SSSR count). The summed E-state index contributed by atoms with van der Waals surface area (Å²) in [5, 5.41) is 9.08. The summed E-state index contributed by atoms with van der Waals surface area (Å²) in [6.45, 7) is 2.91. The van der Waals surface area contributed by atoms with Gasteiger partial charge in [0, 0.05) is 25.7 Å². The number of hydrogen-bond acceptors (Lipinski definition) is 9. The highest BCUT2D eigenvalue weighted by Gasteiger charge is 2.20. The van der Waals surface area contributed by atoms with Gasteiger partial charge in [0.15, 0.2) is 22.3 Å². The first-order chi connectivity index (χ1) is 17.1. The molecular weight excluding hydrogens is 468 g/mol. The van der Waals surface area contributed by atoms with Gasteiger partial charge in [-0.2, -0.15) is 5.10 Å². The molecule has 0 radical (unpaired) electrons. The van der Waals surface area contributed by atoms with Crippen LogP contribution in [0.15, 0.2) is 29.6 Å². The lowest BCUT2D eigenvalue weighted by Crippen LogP contribution is -2.26. The summed E-state index contributed by atoms with van der Waals surface area (Å²) in [5.41, 5.74) is 1.54. The molecular formula is C24H30N6O4S. The lowest BCUT2D eigenvalue weighted by Gasteiger charge is -2.17. The second-order valence-electron chi connectivity index (χ2n) is 7.92. The summed E-state index contributed by atoms with van der Waals surface area (Å²) in [6, 6.07) is 3.56. The van der Waals surface area contributed by atoms with Crippen LogP contribution in [0.1, 0.15) is 18.4 Å². The normalized spacial score (nSPS) is 13.5. The van der Waals surface area contributed by atoms with Crippen molar-refractivity contribution in [2.75, 3.05) is 52.1 Å². The zero-order chi connectivity index (χ0) is 24.8. The van der Waals surface area contributed by atoms with Gasteiger partial charge in [0.2, 0.25) is 11.7 Å². The Kier molecular flexibility index (Phi) is 7.96. The summed E-state index contributed by atoms with van der Waals surface area (Å²) in [7, 11) is 4.66. The van der Waals surface area contributed by atoms with Gasteiger partial charge < -0.3 is 24.4 Å². The number of thioether (sulfide) groups is 1. The van der Waals surface area contributed by atoms with Crippen LogP contribution >= 0.6 is 11.8 Å². The number of amides is 1. The molecule has 35 heavy (non-hydrogen) atoms. The second-order valence-corrected chi connectivity index (χ2v) is 8.69. The van der Waals surface area contributed by atoms with Crippen molar-refractivity contribution in [3.05, 3.63) is 30.0 Å². The molecule has 1 amide bonds. The van der Waals surface area contributed by atoms with Crippen LogP contribution in [0.5, 0.6) is 17.2 Å². The molecule has 3 aromatic rings. The number of nitrogens with one attached hydrogen (secondary N) is 1. The van der Waals surface area contributed by atoms with Crippen molar-refractivity contribution in [1.82, 2.24) is 25.1 Å². The number of anilines is 1. The Hall–Kier alpha value is -3.47. The average molecular weight is 499 g/mol. The van der Waals surface area contributed by atoms with E-state index in [-0.39, 0.29) is 5.91 Å². The van der Waals surface area contributed by atoms with Crippen molar-refractivity contribution in [1.29, 1.82) is 0 Å². The van der Waals surface area contributed by atoms with E-state index in [1.807, 2.05) is 17.1 Å². The van der Waals surface area contributed by atoms with Crippen LogP contribution in [-0.4, -0.2) is 72.9 Å². The largest absolute Gasteiger partial charge is 0.493 e. The van der Waals surface area contributed by atoms with Gasteiger partial charge in [0.25, 0.3) is 0 Å². The zero-order valence-electron chi connectivity index (χ0n) is 20.4. The molecule has 1 aliphatic rings. The monoisotopic (exact) mass is 498 g/mol. The van der Waals surface area contributed by atoms with E-state index in [2.05, 4.69) is 20.3 Å². The smallest absolute Gasteiger partial charge is 0.244 e. The topological polar surface area (TPSA) is 104 Å². The number of hydrogen-bond donors (Lipinski definition) is 1. The Bertz CT molecular complexity index is 1200. The number of carbonyl (C=O) groups is 1. The lowest BCUT2D eigenvalue weighted by atomic mass is 10.1. The van der Waals surface area contributed by atoms with Crippen molar-refractivity contribution in [3.63, 3.8) is 0 Å². The van der Waals surface area contributed by atoms with Crippen LogP contribution in [0.3, 0.4) is 0 Å². The third-order valence-electron chi connectivity index (χ3n) is 5.78. The van der Waals surface area contributed by atoms with Crippen LogP contribution < -0.4 is 24.4 Å². The molecule has 0 bridgehead atoms. The van der Waals surface area contributed by atoms with Gasteiger partial charge in [0.1, 0.15) is 5.82 Å². The Balaban J connectivity index is 1.42. The quantitative estimate of drug-likeness (QED) is 0.257. The maximum Gasteiger partial charge on any atom is 0.244 e. The van der Waals surface area contributed by atoms with Gasteiger partial charge in [0.05, 0.1) is 39.5 Å². The molecule has 1 fully saturated rings. The van der Waals surface area contributed by atoms with E-state index in [0.29, 0.717) is 30.3 Å². The van der Waals surface area contributed by atoms with Crippen molar-refractivity contribution in [3.8, 4) is 17.2 Å². The van der Waals surface area contributed by atoms with Crippen molar-refractivity contribution < 1.29 is 19.0 Å². The Labute approximate surface area is 208 Å². The van der Waals surface area contributed by atoms with Crippen LogP contribution in [0.25, 0.3) is 17.1 Å². The second kappa shape index (κ2) is 11.3. The van der Waals surface area contributed by atoms with Gasteiger partial charge in [-0.25, -0.2) is 14.6 Å². The van der Waals surface area contributed by atoms with Gasteiger partial charge >= 0.3 is 0 Å². The average Bonchev–Trinajstić information content (AvgIpc) is 3.56. The number of ether oxygens (including phenoxy) is 3. The van der Waals surface area contributed by atoms with E-state index in [4.69, 9.17) is 19.2 Å². The number of benzene rings is 1. The number of fused-ring (bicyclic) bond motifs is 1. The molecule has 11 heteroatoms. The number of aromatic nitrogens is 4. The molecule has 1 aromatic carbocycles.